The smallest absolute Gasteiger partial charge is 0.239 e. The van der Waals surface area contributed by atoms with Gasteiger partial charge in [0.2, 0.25) is 5.91 Å². The van der Waals surface area contributed by atoms with Crippen LogP contribution in [0.5, 0.6) is 0 Å². The summed E-state index contributed by atoms with van der Waals surface area (Å²) >= 11 is 1.56. The Morgan fingerprint density at radius 1 is 1.13 bits per heavy atom. The first-order chi connectivity index (χ1) is 15.0. The highest BCUT2D eigenvalue weighted by Crippen LogP contribution is 2.31. The van der Waals surface area contributed by atoms with Gasteiger partial charge in [0.05, 0.1) is 29.2 Å². The molecule has 31 heavy (non-hydrogen) atoms. The molecule has 4 rings (SSSR count). The van der Waals surface area contributed by atoms with Crippen LogP contribution < -0.4 is 10.2 Å². The van der Waals surface area contributed by atoms with Crippen molar-refractivity contribution in [3.63, 3.8) is 0 Å². The fraction of sp³-hybridized carbons (Fsp3) is 0.364. The van der Waals surface area contributed by atoms with E-state index >= 15 is 0 Å². The number of ether oxygens (including phenoxy) is 1. The fourth-order valence-electron chi connectivity index (χ4n) is 3.49. The van der Waals surface area contributed by atoms with E-state index in [1.165, 1.54) is 0 Å². The van der Waals surface area contributed by atoms with Gasteiger partial charge in [0.25, 0.3) is 0 Å². The van der Waals surface area contributed by atoms with Crippen molar-refractivity contribution in [2.45, 2.75) is 12.8 Å². The number of aryl methyl sites for hydroxylation is 1. The second-order valence-electron chi connectivity index (χ2n) is 7.51. The molecule has 164 valence electrons. The maximum atomic E-state index is 12.3. The third-order valence-corrected chi connectivity index (χ3v) is 7.75. The summed E-state index contributed by atoms with van der Waals surface area (Å²) in [4.78, 5) is 19.2. The van der Waals surface area contributed by atoms with Crippen LogP contribution in [-0.2, 0) is 25.8 Å². The number of nitrogens with zero attached hydrogens (tertiary/aromatic N) is 2. The molecule has 1 N–H and O–H groups in total. The Morgan fingerprint density at radius 3 is 2.68 bits per heavy atom. The molecule has 0 aliphatic carbocycles. The zero-order valence-corrected chi connectivity index (χ0v) is 18.8. The van der Waals surface area contributed by atoms with Gasteiger partial charge >= 0.3 is 0 Å². The summed E-state index contributed by atoms with van der Waals surface area (Å²) in [6, 6.07) is 15.2. The van der Waals surface area contributed by atoms with Gasteiger partial charge in [0.15, 0.2) is 15.0 Å². The Morgan fingerprint density at radius 2 is 1.90 bits per heavy atom. The summed E-state index contributed by atoms with van der Waals surface area (Å²) in [5, 5.41) is 3.65. The van der Waals surface area contributed by atoms with E-state index in [-0.39, 0.29) is 5.75 Å². The standard InChI is InChI=1S/C22H25N3O4S2/c26-21(16-31(27,28)14-4-7-17-5-2-1-3-6-17)23-18-8-9-19-20(15-18)30-22(24-19)25-10-12-29-13-11-25/h1-3,5-6,8-9,15H,4,7,10-14,16H2,(H,23,26). The first-order valence-corrected chi connectivity index (χ1v) is 12.9. The highest BCUT2D eigenvalue weighted by Gasteiger charge is 2.18. The fourth-order valence-corrected chi connectivity index (χ4v) is 5.75. The molecule has 0 unspecified atom stereocenters. The van der Waals surface area contributed by atoms with Crippen LogP contribution >= 0.6 is 11.3 Å². The average molecular weight is 460 g/mol. The number of hydrogen-bond acceptors (Lipinski definition) is 7. The van der Waals surface area contributed by atoms with Gasteiger partial charge in [-0.2, -0.15) is 0 Å². The Labute approximate surface area is 186 Å². The molecular formula is C22H25N3O4S2. The van der Waals surface area contributed by atoms with Gasteiger partial charge in [-0.3, -0.25) is 4.79 Å². The summed E-state index contributed by atoms with van der Waals surface area (Å²) in [6.45, 7) is 3.01. The number of amides is 1. The summed E-state index contributed by atoms with van der Waals surface area (Å²) in [7, 11) is -3.46. The van der Waals surface area contributed by atoms with Crippen LogP contribution in [0, 0.1) is 0 Å². The summed E-state index contributed by atoms with van der Waals surface area (Å²) < 4.78 is 31.0. The lowest BCUT2D eigenvalue weighted by molar-refractivity contribution is -0.113. The third kappa shape index (κ3) is 6.03. The van der Waals surface area contributed by atoms with Crippen molar-refractivity contribution >= 4 is 48.1 Å². The molecule has 0 radical (unpaired) electrons. The van der Waals surface area contributed by atoms with E-state index in [0.29, 0.717) is 31.7 Å². The molecule has 0 saturated carbocycles. The van der Waals surface area contributed by atoms with Crippen molar-refractivity contribution in [2.24, 2.45) is 0 Å². The number of sulfone groups is 1. The van der Waals surface area contributed by atoms with Gasteiger partial charge in [0, 0.05) is 18.8 Å². The molecule has 9 heteroatoms. The van der Waals surface area contributed by atoms with Gasteiger partial charge in [-0.25, -0.2) is 13.4 Å². The van der Waals surface area contributed by atoms with E-state index in [1.807, 2.05) is 42.5 Å². The molecule has 2 aromatic carbocycles. The minimum Gasteiger partial charge on any atom is -0.378 e. The number of fused-ring (bicyclic) bond motifs is 1. The topological polar surface area (TPSA) is 88.6 Å². The maximum absolute atomic E-state index is 12.3. The number of aromatic nitrogens is 1. The molecular weight excluding hydrogens is 434 g/mol. The monoisotopic (exact) mass is 459 g/mol. The van der Waals surface area contributed by atoms with Crippen molar-refractivity contribution in [1.82, 2.24) is 4.98 Å². The number of carbonyl (C=O) groups excluding carboxylic acids is 1. The van der Waals surface area contributed by atoms with Gasteiger partial charge in [-0.15, -0.1) is 0 Å². The maximum Gasteiger partial charge on any atom is 0.239 e. The Hall–Kier alpha value is -2.49. The SMILES string of the molecule is O=C(CS(=O)(=O)CCCc1ccccc1)Nc1ccc2nc(N3CCOCC3)sc2c1. The predicted molar refractivity (Wildman–Crippen MR) is 125 cm³/mol. The number of thiazole rings is 1. The van der Waals surface area contributed by atoms with E-state index < -0.39 is 21.5 Å². The normalized spacial score (nSPS) is 14.6. The quantitative estimate of drug-likeness (QED) is 0.557. The molecule has 1 aliphatic rings. The highest BCUT2D eigenvalue weighted by atomic mass is 32.2. The van der Waals surface area contributed by atoms with E-state index in [4.69, 9.17) is 4.74 Å². The molecule has 1 fully saturated rings. The molecule has 0 atom stereocenters. The minimum atomic E-state index is -3.46. The molecule has 1 aliphatic heterocycles. The summed E-state index contributed by atoms with van der Waals surface area (Å²) in [5.41, 5.74) is 2.53. The van der Waals surface area contributed by atoms with Crippen LogP contribution in [0.3, 0.4) is 0 Å². The average Bonchev–Trinajstić information content (AvgIpc) is 3.18. The lowest BCUT2D eigenvalue weighted by Crippen LogP contribution is -2.36. The molecule has 1 amide bonds. The van der Waals surface area contributed by atoms with Crippen molar-refractivity contribution in [2.75, 3.05) is 48.0 Å². The van der Waals surface area contributed by atoms with Gasteiger partial charge < -0.3 is 15.0 Å². The summed E-state index contributed by atoms with van der Waals surface area (Å²) in [5.74, 6) is -1.04. The van der Waals surface area contributed by atoms with Crippen LogP contribution in [0.15, 0.2) is 48.5 Å². The predicted octanol–water partition coefficient (Wildman–Crippen LogP) is 3.12. The molecule has 0 spiro atoms. The molecule has 1 saturated heterocycles. The van der Waals surface area contributed by atoms with Crippen molar-refractivity contribution in [3.8, 4) is 0 Å². The highest BCUT2D eigenvalue weighted by molar-refractivity contribution is 7.92. The summed E-state index contributed by atoms with van der Waals surface area (Å²) in [6.07, 6.45) is 1.17. The number of nitrogens with one attached hydrogen (secondary N) is 1. The van der Waals surface area contributed by atoms with Crippen LogP contribution in [0.25, 0.3) is 10.2 Å². The van der Waals surface area contributed by atoms with E-state index in [1.54, 1.807) is 17.4 Å². The first-order valence-electron chi connectivity index (χ1n) is 10.3. The second-order valence-corrected chi connectivity index (χ2v) is 10.7. The lowest BCUT2D eigenvalue weighted by Gasteiger charge is -2.25. The Bertz CT molecular complexity index is 1140. The number of morpholine rings is 1. The first kappa shape index (κ1) is 21.7. The Balaban J connectivity index is 1.32. The van der Waals surface area contributed by atoms with Gasteiger partial charge in [0.1, 0.15) is 5.75 Å². The molecule has 2 heterocycles. The van der Waals surface area contributed by atoms with Crippen LogP contribution in [0.1, 0.15) is 12.0 Å². The number of carbonyl (C=O) groups is 1. The zero-order valence-electron chi connectivity index (χ0n) is 17.1. The molecule has 7 nitrogen and oxygen atoms in total. The van der Waals surface area contributed by atoms with Gasteiger partial charge in [-0.05, 0) is 36.6 Å². The van der Waals surface area contributed by atoms with Crippen molar-refractivity contribution in [1.29, 1.82) is 0 Å². The second kappa shape index (κ2) is 9.76. The number of hydrogen-bond donors (Lipinski definition) is 1. The number of rotatable bonds is 8. The lowest BCUT2D eigenvalue weighted by atomic mass is 10.1. The molecule has 0 bridgehead atoms. The number of benzene rings is 2. The van der Waals surface area contributed by atoms with E-state index in [0.717, 1.165) is 34.0 Å². The largest absolute Gasteiger partial charge is 0.378 e. The number of anilines is 2. The third-order valence-electron chi connectivity index (χ3n) is 5.06. The Kier molecular flexibility index (Phi) is 6.84. The molecule has 3 aromatic rings. The van der Waals surface area contributed by atoms with Crippen LogP contribution in [-0.4, -0.2) is 57.1 Å². The van der Waals surface area contributed by atoms with Crippen LogP contribution in [0.2, 0.25) is 0 Å². The van der Waals surface area contributed by atoms with E-state index in [2.05, 4.69) is 15.2 Å². The van der Waals surface area contributed by atoms with Crippen molar-refractivity contribution in [3.05, 3.63) is 54.1 Å². The van der Waals surface area contributed by atoms with Crippen LogP contribution in [0.4, 0.5) is 10.8 Å². The minimum absolute atomic E-state index is 0.00783. The van der Waals surface area contributed by atoms with E-state index in [9.17, 15) is 13.2 Å². The van der Waals surface area contributed by atoms with Crippen molar-refractivity contribution < 1.29 is 17.9 Å². The molecule has 1 aromatic heterocycles. The zero-order chi connectivity index (χ0) is 21.7. The van der Waals surface area contributed by atoms with Gasteiger partial charge in [-0.1, -0.05) is 41.7 Å².